The standard InChI is InChI=1S/C24H25FN2O3/c1-14-11-18-19(12-15(14)2)30-23-20(22(18)28)21(16-7-5-8-17(25)13-16)27(24(23)29)10-6-9-26(3)4/h5,7-8,11-13,21H,6,9-10H2,1-4H3/t21-/m0/s1. The van der Waals surface area contributed by atoms with E-state index in [0.717, 1.165) is 24.1 Å². The Bertz CT molecular complexity index is 1200. The monoisotopic (exact) mass is 408 g/mol. The van der Waals surface area contributed by atoms with Gasteiger partial charge in [-0.05, 0) is 81.9 Å². The van der Waals surface area contributed by atoms with Gasteiger partial charge in [-0.2, -0.15) is 0 Å². The quantitative estimate of drug-likeness (QED) is 0.639. The van der Waals surface area contributed by atoms with Crippen molar-refractivity contribution >= 4 is 16.9 Å². The third kappa shape index (κ3) is 3.41. The summed E-state index contributed by atoms with van der Waals surface area (Å²) in [6.07, 6.45) is 0.727. The first kappa shape index (κ1) is 20.3. The minimum Gasteiger partial charge on any atom is -0.450 e. The van der Waals surface area contributed by atoms with E-state index in [9.17, 15) is 14.0 Å². The highest BCUT2D eigenvalue weighted by Gasteiger charge is 2.42. The molecule has 0 aliphatic carbocycles. The molecule has 0 N–H and O–H groups in total. The molecule has 0 radical (unpaired) electrons. The fraction of sp³-hybridized carbons (Fsp3) is 0.333. The van der Waals surface area contributed by atoms with E-state index in [1.165, 1.54) is 12.1 Å². The largest absolute Gasteiger partial charge is 0.450 e. The Hall–Kier alpha value is -2.99. The van der Waals surface area contributed by atoms with Crippen LogP contribution in [0.4, 0.5) is 4.39 Å². The number of nitrogens with zero attached hydrogens (tertiary/aromatic N) is 2. The Labute approximate surface area is 174 Å². The summed E-state index contributed by atoms with van der Waals surface area (Å²) >= 11 is 0. The molecule has 1 aliphatic rings. The molecule has 0 saturated heterocycles. The van der Waals surface area contributed by atoms with E-state index in [4.69, 9.17) is 4.42 Å². The molecule has 0 fully saturated rings. The van der Waals surface area contributed by atoms with E-state index in [1.54, 1.807) is 29.2 Å². The van der Waals surface area contributed by atoms with Crippen molar-refractivity contribution in [2.45, 2.75) is 26.3 Å². The van der Waals surface area contributed by atoms with E-state index < -0.39 is 11.9 Å². The van der Waals surface area contributed by atoms with Gasteiger partial charge in [0.15, 0.2) is 5.43 Å². The second-order valence-corrected chi connectivity index (χ2v) is 8.22. The van der Waals surface area contributed by atoms with Crippen LogP contribution in [0.25, 0.3) is 11.0 Å². The number of hydrogen-bond donors (Lipinski definition) is 0. The lowest BCUT2D eigenvalue weighted by Gasteiger charge is -2.25. The molecule has 156 valence electrons. The summed E-state index contributed by atoms with van der Waals surface area (Å²) in [5.74, 6) is -0.664. The van der Waals surface area contributed by atoms with Crippen molar-refractivity contribution in [2.24, 2.45) is 0 Å². The van der Waals surface area contributed by atoms with Crippen LogP contribution in [0.15, 0.2) is 45.6 Å². The lowest BCUT2D eigenvalue weighted by atomic mass is 9.97. The van der Waals surface area contributed by atoms with Crippen LogP contribution in [-0.2, 0) is 0 Å². The topological polar surface area (TPSA) is 53.8 Å². The van der Waals surface area contributed by atoms with E-state index >= 15 is 0 Å². The van der Waals surface area contributed by atoms with Gasteiger partial charge >= 0.3 is 0 Å². The predicted molar refractivity (Wildman–Crippen MR) is 114 cm³/mol. The number of halogens is 1. The molecular weight excluding hydrogens is 383 g/mol. The number of benzene rings is 2. The Balaban J connectivity index is 1.91. The molecule has 1 aliphatic heterocycles. The highest BCUT2D eigenvalue weighted by Crippen LogP contribution is 2.38. The van der Waals surface area contributed by atoms with Crippen molar-refractivity contribution in [3.63, 3.8) is 0 Å². The van der Waals surface area contributed by atoms with Crippen molar-refractivity contribution in [1.29, 1.82) is 0 Å². The summed E-state index contributed by atoms with van der Waals surface area (Å²) in [5, 5.41) is 0.446. The Morgan fingerprint density at radius 3 is 2.53 bits per heavy atom. The van der Waals surface area contributed by atoms with Crippen LogP contribution in [0.5, 0.6) is 0 Å². The number of amides is 1. The summed E-state index contributed by atoms with van der Waals surface area (Å²) < 4.78 is 20.0. The van der Waals surface area contributed by atoms with Crippen molar-refractivity contribution in [1.82, 2.24) is 9.80 Å². The zero-order chi connectivity index (χ0) is 21.6. The molecule has 2 aromatic carbocycles. The lowest BCUT2D eigenvalue weighted by molar-refractivity contribution is 0.0722. The molecule has 1 aromatic heterocycles. The number of hydrogen-bond acceptors (Lipinski definition) is 4. The van der Waals surface area contributed by atoms with Crippen molar-refractivity contribution in [2.75, 3.05) is 27.2 Å². The maximum Gasteiger partial charge on any atom is 0.290 e. The summed E-state index contributed by atoms with van der Waals surface area (Å²) in [4.78, 5) is 30.4. The van der Waals surface area contributed by atoms with E-state index in [1.807, 2.05) is 32.8 Å². The maximum absolute atomic E-state index is 14.0. The van der Waals surface area contributed by atoms with Crippen LogP contribution < -0.4 is 5.43 Å². The fourth-order valence-electron chi connectivity index (χ4n) is 4.09. The first-order chi connectivity index (χ1) is 14.3. The van der Waals surface area contributed by atoms with Gasteiger partial charge in [-0.1, -0.05) is 12.1 Å². The lowest BCUT2D eigenvalue weighted by Crippen LogP contribution is -2.32. The van der Waals surface area contributed by atoms with Crippen molar-refractivity contribution < 1.29 is 13.6 Å². The Kier molecular flexibility index (Phi) is 5.20. The smallest absolute Gasteiger partial charge is 0.290 e. The van der Waals surface area contributed by atoms with Crippen molar-refractivity contribution in [3.8, 4) is 0 Å². The van der Waals surface area contributed by atoms with Gasteiger partial charge in [0.2, 0.25) is 5.76 Å². The number of carbonyl (C=O) groups excluding carboxylic acids is 1. The number of carbonyl (C=O) groups is 1. The van der Waals surface area contributed by atoms with Gasteiger partial charge in [0.25, 0.3) is 5.91 Å². The van der Waals surface area contributed by atoms with Crippen LogP contribution in [0.2, 0.25) is 0 Å². The van der Waals surface area contributed by atoms with Crippen LogP contribution in [0.1, 0.15) is 45.3 Å². The molecule has 3 aromatic rings. The molecule has 0 saturated carbocycles. The molecule has 0 bridgehead atoms. The predicted octanol–water partition coefficient (Wildman–Crippen LogP) is 4.05. The third-order valence-electron chi connectivity index (χ3n) is 5.75. The highest BCUT2D eigenvalue weighted by molar-refractivity contribution is 5.99. The molecule has 0 unspecified atom stereocenters. The minimum atomic E-state index is -0.660. The fourth-order valence-corrected chi connectivity index (χ4v) is 4.09. The normalized spacial score (nSPS) is 16.0. The van der Waals surface area contributed by atoms with Gasteiger partial charge in [0.1, 0.15) is 11.4 Å². The maximum atomic E-state index is 14.0. The van der Waals surface area contributed by atoms with Gasteiger partial charge in [0.05, 0.1) is 17.0 Å². The van der Waals surface area contributed by atoms with Gasteiger partial charge in [-0.15, -0.1) is 0 Å². The average Bonchev–Trinajstić information content (AvgIpc) is 2.96. The molecule has 1 amide bonds. The number of rotatable bonds is 5. The molecule has 1 atom stereocenters. The molecule has 5 nitrogen and oxygen atoms in total. The zero-order valence-corrected chi connectivity index (χ0v) is 17.7. The van der Waals surface area contributed by atoms with Crippen LogP contribution >= 0.6 is 0 Å². The molecule has 0 spiro atoms. The highest BCUT2D eigenvalue weighted by atomic mass is 19.1. The third-order valence-corrected chi connectivity index (χ3v) is 5.75. The van der Waals surface area contributed by atoms with Gasteiger partial charge < -0.3 is 14.2 Å². The second-order valence-electron chi connectivity index (χ2n) is 8.22. The van der Waals surface area contributed by atoms with E-state index in [2.05, 4.69) is 0 Å². The van der Waals surface area contributed by atoms with E-state index in [-0.39, 0.29) is 17.1 Å². The average molecular weight is 408 g/mol. The minimum absolute atomic E-state index is 0.0647. The van der Waals surface area contributed by atoms with Gasteiger partial charge in [0, 0.05) is 6.54 Å². The molecule has 6 heteroatoms. The number of fused-ring (bicyclic) bond motifs is 2. The molecule has 30 heavy (non-hydrogen) atoms. The van der Waals surface area contributed by atoms with Crippen LogP contribution in [0, 0.1) is 19.7 Å². The van der Waals surface area contributed by atoms with Crippen LogP contribution in [0.3, 0.4) is 0 Å². The van der Waals surface area contributed by atoms with Gasteiger partial charge in [-0.25, -0.2) is 4.39 Å². The molecular formula is C24H25FN2O3. The molecule has 2 heterocycles. The van der Waals surface area contributed by atoms with E-state index in [0.29, 0.717) is 28.6 Å². The summed E-state index contributed by atoms with van der Waals surface area (Å²) in [7, 11) is 3.93. The van der Waals surface area contributed by atoms with Crippen molar-refractivity contribution in [3.05, 3.63) is 80.5 Å². The summed E-state index contributed by atoms with van der Waals surface area (Å²) in [5.41, 5.74) is 3.01. The van der Waals surface area contributed by atoms with Gasteiger partial charge in [-0.3, -0.25) is 9.59 Å². The Morgan fingerprint density at radius 1 is 1.10 bits per heavy atom. The zero-order valence-electron chi connectivity index (χ0n) is 17.7. The molecule has 4 rings (SSSR count). The summed E-state index contributed by atoms with van der Waals surface area (Å²) in [6.45, 7) is 5.10. The first-order valence-electron chi connectivity index (χ1n) is 10.1. The second kappa shape index (κ2) is 7.69. The summed E-state index contributed by atoms with van der Waals surface area (Å²) in [6, 6.07) is 9.03. The number of aryl methyl sites for hydroxylation is 2. The SMILES string of the molecule is Cc1cc2oc3c(c(=O)c2cc1C)[C@H](c1cccc(F)c1)N(CCCN(C)C)C3=O. The Morgan fingerprint density at radius 2 is 1.83 bits per heavy atom. The van der Waals surface area contributed by atoms with Crippen LogP contribution in [-0.4, -0.2) is 42.9 Å². The first-order valence-corrected chi connectivity index (χ1v) is 10.1.